The van der Waals surface area contributed by atoms with Crippen LogP contribution in [0.25, 0.3) is 0 Å². The Morgan fingerprint density at radius 2 is 2.22 bits per heavy atom. The number of thiol groups is 1. The molecule has 120 valence electrons. The van der Waals surface area contributed by atoms with Crippen molar-refractivity contribution in [3.63, 3.8) is 0 Å². The fourth-order valence-electron chi connectivity index (χ4n) is 2.35. The first-order valence-corrected chi connectivity index (χ1v) is 8.48. The molecule has 23 heavy (non-hydrogen) atoms. The lowest BCUT2D eigenvalue weighted by Crippen LogP contribution is -2.04. The number of rotatable bonds is 5. The van der Waals surface area contributed by atoms with E-state index in [2.05, 4.69) is 30.8 Å². The van der Waals surface area contributed by atoms with E-state index in [4.69, 9.17) is 10.1 Å². The van der Waals surface area contributed by atoms with Crippen LogP contribution in [0.5, 0.6) is 5.75 Å². The molecule has 1 aliphatic rings. The molecule has 0 bridgehead atoms. The smallest absolute Gasteiger partial charge is 0.158 e. The predicted molar refractivity (Wildman–Crippen MR) is 102 cm³/mol. The number of aromatic nitrogens is 1. The van der Waals surface area contributed by atoms with Crippen LogP contribution in [-0.2, 0) is 0 Å². The van der Waals surface area contributed by atoms with E-state index in [9.17, 15) is 0 Å². The van der Waals surface area contributed by atoms with Crippen LogP contribution in [0.4, 0.5) is 0 Å². The number of pyridine rings is 1. The number of ether oxygens (including phenoxy) is 1. The summed E-state index contributed by atoms with van der Waals surface area (Å²) in [4.78, 5) is 6.10. The third-order valence-corrected chi connectivity index (χ3v) is 5.07. The molecule has 0 saturated heterocycles. The molecule has 0 unspecified atom stereocenters. The molecule has 1 N–H and O–H groups in total. The van der Waals surface area contributed by atoms with Gasteiger partial charge in [-0.1, -0.05) is 18.3 Å². The zero-order chi connectivity index (χ0) is 17.0. The average molecular weight is 345 g/mol. The summed E-state index contributed by atoms with van der Waals surface area (Å²) in [6, 6.07) is 3.71. The van der Waals surface area contributed by atoms with Gasteiger partial charge in [0, 0.05) is 17.3 Å². The summed E-state index contributed by atoms with van der Waals surface area (Å²) in [5, 5.41) is 8.01. The fraction of sp³-hybridized carbons (Fsp3) is 0.222. The molecule has 0 atom stereocenters. The molecule has 1 aliphatic carbocycles. The van der Waals surface area contributed by atoms with Crippen molar-refractivity contribution < 1.29 is 4.74 Å². The maximum absolute atomic E-state index is 7.41. The van der Waals surface area contributed by atoms with E-state index in [0.29, 0.717) is 10.8 Å². The van der Waals surface area contributed by atoms with Crippen molar-refractivity contribution in [2.75, 3.05) is 0 Å². The lowest BCUT2D eigenvalue weighted by atomic mass is 9.91. The van der Waals surface area contributed by atoms with Crippen LogP contribution in [-0.4, -0.2) is 11.2 Å². The molecular formula is C18H20N2OS2. The van der Waals surface area contributed by atoms with Gasteiger partial charge in [-0.2, -0.15) is 0 Å². The topological polar surface area (TPSA) is 46.0 Å². The van der Waals surface area contributed by atoms with Gasteiger partial charge in [0.25, 0.3) is 0 Å². The van der Waals surface area contributed by atoms with Crippen molar-refractivity contribution in [1.29, 1.82) is 5.41 Å². The molecule has 0 spiro atoms. The van der Waals surface area contributed by atoms with Crippen molar-refractivity contribution in [3.8, 4) is 5.75 Å². The second-order valence-electron chi connectivity index (χ2n) is 5.19. The quantitative estimate of drug-likeness (QED) is 0.425. The maximum atomic E-state index is 7.41. The summed E-state index contributed by atoms with van der Waals surface area (Å²) in [7, 11) is 0. The highest BCUT2D eigenvalue weighted by Crippen LogP contribution is 2.40. The molecule has 0 aromatic carbocycles. The highest BCUT2D eigenvalue weighted by molar-refractivity contribution is 8.06. The molecule has 0 aliphatic heterocycles. The minimum atomic E-state index is 0.599. The summed E-state index contributed by atoms with van der Waals surface area (Å²) < 4.78 is 5.79. The Bertz CT molecular complexity index is 732. The zero-order valence-electron chi connectivity index (χ0n) is 13.3. The van der Waals surface area contributed by atoms with E-state index >= 15 is 0 Å². The Morgan fingerprint density at radius 1 is 1.48 bits per heavy atom. The number of nitrogens with zero attached hydrogens (tertiary/aromatic N) is 1. The van der Waals surface area contributed by atoms with Crippen LogP contribution in [0.1, 0.15) is 25.5 Å². The van der Waals surface area contributed by atoms with Crippen LogP contribution in [0.15, 0.2) is 63.1 Å². The maximum Gasteiger partial charge on any atom is 0.158 e. The third-order valence-electron chi connectivity index (χ3n) is 3.65. The Hall–Kier alpha value is -1.72. The van der Waals surface area contributed by atoms with E-state index in [1.165, 1.54) is 18.0 Å². The van der Waals surface area contributed by atoms with E-state index in [1.54, 1.807) is 6.20 Å². The first-order chi connectivity index (χ1) is 10.9. The number of nitrogens with one attached hydrogen (secondary N) is 1. The minimum absolute atomic E-state index is 0.599. The number of thioether (sulfide) groups is 1. The molecule has 2 rings (SSSR count). The van der Waals surface area contributed by atoms with Gasteiger partial charge in [-0.15, -0.1) is 12.6 Å². The van der Waals surface area contributed by atoms with Gasteiger partial charge in [-0.25, -0.2) is 0 Å². The third kappa shape index (κ3) is 4.18. The highest BCUT2D eigenvalue weighted by Gasteiger charge is 2.19. The van der Waals surface area contributed by atoms with E-state index in [-0.39, 0.29) is 0 Å². The molecule has 0 saturated carbocycles. The normalized spacial score (nSPS) is 17.1. The Labute approximate surface area is 147 Å². The largest absolute Gasteiger partial charge is 0.449 e. The monoisotopic (exact) mass is 344 g/mol. The Kier molecular flexibility index (Phi) is 5.91. The van der Waals surface area contributed by atoms with Gasteiger partial charge in [0.2, 0.25) is 0 Å². The van der Waals surface area contributed by atoms with Crippen LogP contribution in [0.3, 0.4) is 0 Å². The van der Waals surface area contributed by atoms with E-state index in [1.807, 2.05) is 26.0 Å². The minimum Gasteiger partial charge on any atom is -0.449 e. The van der Waals surface area contributed by atoms with Crippen LogP contribution >= 0.6 is 24.4 Å². The van der Waals surface area contributed by atoms with Gasteiger partial charge in [-0.3, -0.25) is 4.98 Å². The second-order valence-corrected chi connectivity index (χ2v) is 6.91. The molecule has 0 radical (unpaired) electrons. The Morgan fingerprint density at radius 3 is 2.87 bits per heavy atom. The number of hydrogen-bond donors (Lipinski definition) is 2. The number of aryl methyl sites for hydroxylation is 1. The number of allylic oxidation sites excluding steroid dienone is 4. The molecule has 1 aromatic rings. The number of hydrogen-bond acceptors (Lipinski definition) is 5. The van der Waals surface area contributed by atoms with Gasteiger partial charge in [-0.05, 0) is 67.0 Å². The lowest BCUT2D eigenvalue weighted by molar-refractivity contribution is 0.462. The van der Waals surface area contributed by atoms with Crippen molar-refractivity contribution in [2.24, 2.45) is 0 Å². The standard InChI is InChI=1S/C18H20N2OS2/c1-11-16(8-7-15(10-19)18(11)22)13(3)23-14(4)21-17-6-5-9-20-12(17)2/h5-6,9-10,19,22H,1,4,7-8H2,2-3H3/b16-13-,19-10?. The first-order valence-electron chi connectivity index (χ1n) is 7.22. The van der Waals surface area contributed by atoms with Crippen molar-refractivity contribution in [1.82, 2.24) is 4.98 Å². The van der Waals surface area contributed by atoms with Gasteiger partial charge in [0.15, 0.2) is 5.09 Å². The summed E-state index contributed by atoms with van der Waals surface area (Å²) in [6.45, 7) is 12.0. The molecule has 1 aromatic heterocycles. The van der Waals surface area contributed by atoms with Crippen molar-refractivity contribution >= 4 is 30.6 Å². The van der Waals surface area contributed by atoms with Gasteiger partial charge < -0.3 is 10.1 Å². The fourth-order valence-corrected chi connectivity index (χ4v) is 3.48. The highest BCUT2D eigenvalue weighted by atomic mass is 32.2. The van der Waals surface area contributed by atoms with Gasteiger partial charge in [0.05, 0.1) is 5.69 Å². The van der Waals surface area contributed by atoms with Crippen molar-refractivity contribution in [3.05, 3.63) is 68.8 Å². The van der Waals surface area contributed by atoms with Crippen molar-refractivity contribution in [2.45, 2.75) is 26.7 Å². The SMILES string of the molecule is C=C(Oc1cccnc1C)S/C(C)=C1/CCC(C=N)=C(S)C1=C. The molecule has 0 fully saturated rings. The van der Waals surface area contributed by atoms with Gasteiger partial charge in [0.1, 0.15) is 5.75 Å². The second kappa shape index (κ2) is 7.70. The zero-order valence-corrected chi connectivity index (χ0v) is 15.1. The van der Waals surface area contributed by atoms with E-state index in [0.717, 1.165) is 45.1 Å². The predicted octanol–water partition coefficient (Wildman–Crippen LogP) is 5.43. The first kappa shape index (κ1) is 17.6. The van der Waals surface area contributed by atoms with Crippen LogP contribution < -0.4 is 4.74 Å². The molecule has 5 heteroatoms. The van der Waals surface area contributed by atoms with Crippen LogP contribution in [0.2, 0.25) is 0 Å². The lowest BCUT2D eigenvalue weighted by Gasteiger charge is -2.22. The van der Waals surface area contributed by atoms with E-state index < -0.39 is 0 Å². The molecular weight excluding hydrogens is 324 g/mol. The van der Waals surface area contributed by atoms with Crippen LogP contribution in [0, 0.1) is 12.3 Å². The molecule has 3 nitrogen and oxygen atoms in total. The summed E-state index contributed by atoms with van der Waals surface area (Å²) >= 11 is 5.98. The molecule has 1 heterocycles. The summed E-state index contributed by atoms with van der Waals surface area (Å²) in [5.74, 6) is 0.714. The summed E-state index contributed by atoms with van der Waals surface area (Å²) in [6.07, 6.45) is 4.76. The Balaban J connectivity index is 2.12. The summed E-state index contributed by atoms with van der Waals surface area (Å²) in [5.41, 5.74) is 3.80. The molecule has 0 amide bonds. The van der Waals surface area contributed by atoms with Gasteiger partial charge >= 0.3 is 0 Å². The average Bonchev–Trinajstić information content (AvgIpc) is 2.52.